The minimum atomic E-state index is -1.22. The summed E-state index contributed by atoms with van der Waals surface area (Å²) >= 11 is 0. The van der Waals surface area contributed by atoms with Crippen molar-refractivity contribution >= 4 is 29.8 Å². The molecule has 41 heavy (non-hydrogen) atoms. The van der Waals surface area contributed by atoms with E-state index in [9.17, 15) is 49.5 Å². The number of carboxylic acid groups (broad SMARTS) is 5. The van der Waals surface area contributed by atoms with Gasteiger partial charge in [-0.25, -0.2) is 0 Å². The molecule has 0 saturated heterocycles. The molecule has 1 fully saturated rings. The first-order valence-corrected chi connectivity index (χ1v) is 13.6. The number of nitrogens with zero attached hydrogens (tertiary/aromatic N) is 3. The Morgan fingerprint density at radius 2 is 1.15 bits per heavy atom. The third-order valence-electron chi connectivity index (χ3n) is 7.42. The van der Waals surface area contributed by atoms with Crippen LogP contribution in [-0.2, 0) is 30.4 Å². The molecule has 1 saturated carbocycles. The molecule has 3 unspecified atom stereocenters. The van der Waals surface area contributed by atoms with Gasteiger partial charge in [-0.05, 0) is 42.7 Å². The van der Waals surface area contributed by atoms with E-state index in [1.54, 1.807) is 4.90 Å². The predicted octanol–water partition coefficient (Wildman–Crippen LogP) is 1.36. The lowest BCUT2D eigenvalue weighted by Gasteiger charge is -2.42. The molecule has 1 aromatic carbocycles. The van der Waals surface area contributed by atoms with Gasteiger partial charge in [0.2, 0.25) is 0 Å². The quantitative estimate of drug-likeness (QED) is 0.167. The molecule has 13 heteroatoms. The van der Waals surface area contributed by atoms with Gasteiger partial charge in [0.1, 0.15) is 0 Å². The molecule has 5 N–H and O–H groups in total. The molecule has 1 aliphatic carbocycles. The van der Waals surface area contributed by atoms with E-state index in [0.29, 0.717) is 31.6 Å². The van der Waals surface area contributed by atoms with Crippen molar-refractivity contribution in [3.8, 4) is 0 Å². The third kappa shape index (κ3) is 11.8. The Labute approximate surface area is 239 Å². The fraction of sp³-hybridized carbons (Fsp3) is 0.607. The van der Waals surface area contributed by atoms with Gasteiger partial charge in [0.25, 0.3) is 0 Å². The maximum atomic E-state index is 11.9. The molecule has 0 aliphatic heterocycles. The molecular weight excluding hydrogens is 538 g/mol. The average molecular weight is 580 g/mol. The second-order valence-electron chi connectivity index (χ2n) is 10.9. The van der Waals surface area contributed by atoms with Crippen molar-refractivity contribution in [2.75, 3.05) is 39.3 Å². The van der Waals surface area contributed by atoms with Crippen molar-refractivity contribution in [2.45, 2.75) is 70.0 Å². The lowest BCUT2D eigenvalue weighted by Crippen LogP contribution is -2.54. The van der Waals surface area contributed by atoms with Gasteiger partial charge in [-0.3, -0.25) is 38.7 Å². The van der Waals surface area contributed by atoms with Crippen molar-refractivity contribution in [2.24, 2.45) is 0 Å². The van der Waals surface area contributed by atoms with Crippen LogP contribution in [0.15, 0.2) is 24.3 Å². The molecule has 13 nitrogen and oxygen atoms in total. The van der Waals surface area contributed by atoms with Crippen LogP contribution in [-0.4, -0.2) is 127 Å². The van der Waals surface area contributed by atoms with Gasteiger partial charge in [-0.15, -0.1) is 0 Å². The van der Waals surface area contributed by atoms with Crippen LogP contribution in [0, 0.1) is 0 Å². The summed E-state index contributed by atoms with van der Waals surface area (Å²) in [6, 6.07) is 6.27. The van der Waals surface area contributed by atoms with E-state index in [0.717, 1.165) is 11.1 Å². The smallest absolute Gasteiger partial charge is 0.317 e. The molecule has 0 aromatic heterocycles. The summed E-state index contributed by atoms with van der Waals surface area (Å²) in [5, 5.41) is 47.4. The zero-order valence-corrected chi connectivity index (χ0v) is 23.5. The molecule has 228 valence electrons. The summed E-state index contributed by atoms with van der Waals surface area (Å²) in [7, 11) is 0. The standard InChI is InChI=1S/C28H41N3O10/c1-18(2)20-8-6-19(7-9-20)10-23(31(16-27(38)39)17-28(40)41)12-29(13-24(32)33)21-4-3-5-22(11-21)30(14-25(34)35)15-26(36)37/h6-9,18,21-23H,3-5,10-17H2,1-2H3,(H,32,33)(H,34,35)(H,36,37)(H,38,39)(H,40,41). The molecule has 1 aromatic rings. The topological polar surface area (TPSA) is 196 Å². The van der Waals surface area contributed by atoms with Crippen LogP contribution < -0.4 is 0 Å². The molecule has 1 aliphatic rings. The van der Waals surface area contributed by atoms with Crippen molar-refractivity contribution in [3.63, 3.8) is 0 Å². The second kappa shape index (κ2) is 16.0. The van der Waals surface area contributed by atoms with Crippen LogP contribution in [0.3, 0.4) is 0 Å². The lowest BCUT2D eigenvalue weighted by atomic mass is 9.88. The zero-order valence-electron chi connectivity index (χ0n) is 23.5. The highest BCUT2D eigenvalue weighted by Gasteiger charge is 2.35. The van der Waals surface area contributed by atoms with Gasteiger partial charge in [0.05, 0.1) is 32.7 Å². The van der Waals surface area contributed by atoms with Crippen molar-refractivity contribution in [3.05, 3.63) is 35.4 Å². The van der Waals surface area contributed by atoms with Crippen LogP contribution in [0.2, 0.25) is 0 Å². The van der Waals surface area contributed by atoms with E-state index in [2.05, 4.69) is 13.8 Å². The summed E-state index contributed by atoms with van der Waals surface area (Å²) < 4.78 is 0. The molecule has 3 atom stereocenters. The highest BCUT2D eigenvalue weighted by atomic mass is 16.4. The predicted molar refractivity (Wildman–Crippen MR) is 147 cm³/mol. The van der Waals surface area contributed by atoms with Gasteiger partial charge < -0.3 is 25.5 Å². The largest absolute Gasteiger partial charge is 0.480 e. The van der Waals surface area contributed by atoms with Crippen molar-refractivity contribution < 1.29 is 49.5 Å². The molecular formula is C28H41N3O10. The van der Waals surface area contributed by atoms with E-state index in [1.807, 2.05) is 24.3 Å². The van der Waals surface area contributed by atoms with Crippen molar-refractivity contribution in [1.82, 2.24) is 14.7 Å². The number of rotatable bonds is 18. The maximum Gasteiger partial charge on any atom is 0.317 e. The summed E-state index contributed by atoms with van der Waals surface area (Å²) in [5.41, 5.74) is 1.94. The molecule has 0 bridgehead atoms. The van der Waals surface area contributed by atoms with Crippen LogP contribution >= 0.6 is 0 Å². The molecule has 0 heterocycles. The van der Waals surface area contributed by atoms with E-state index in [-0.39, 0.29) is 19.0 Å². The molecule has 2 rings (SSSR count). The first-order valence-electron chi connectivity index (χ1n) is 13.6. The second-order valence-corrected chi connectivity index (χ2v) is 10.9. The Hall–Kier alpha value is -3.55. The maximum absolute atomic E-state index is 11.9. The Morgan fingerprint density at radius 1 is 0.707 bits per heavy atom. The Balaban J connectivity index is 2.39. The summed E-state index contributed by atoms with van der Waals surface area (Å²) in [6.45, 7) is 1.70. The van der Waals surface area contributed by atoms with Crippen LogP contribution in [0.4, 0.5) is 0 Å². The molecule has 0 spiro atoms. The normalized spacial score (nSPS) is 18.1. The Kier molecular flexibility index (Phi) is 13.2. The van der Waals surface area contributed by atoms with Gasteiger partial charge in [-0.1, -0.05) is 44.5 Å². The highest BCUT2D eigenvalue weighted by Crippen LogP contribution is 2.28. The van der Waals surface area contributed by atoms with Crippen LogP contribution in [0.5, 0.6) is 0 Å². The van der Waals surface area contributed by atoms with Gasteiger partial charge >= 0.3 is 29.8 Å². The first kappa shape index (κ1) is 33.7. The van der Waals surface area contributed by atoms with E-state index < -0.39 is 74.7 Å². The zero-order chi connectivity index (χ0) is 30.7. The number of hydrogen-bond acceptors (Lipinski definition) is 8. The highest BCUT2D eigenvalue weighted by molar-refractivity contribution is 5.73. The lowest BCUT2D eigenvalue weighted by molar-refractivity contribution is -0.146. The van der Waals surface area contributed by atoms with Crippen LogP contribution in [0.25, 0.3) is 0 Å². The number of hydrogen-bond donors (Lipinski definition) is 5. The molecule has 0 amide bonds. The summed E-state index contributed by atoms with van der Waals surface area (Å²) in [4.78, 5) is 62.4. The summed E-state index contributed by atoms with van der Waals surface area (Å²) in [6.07, 6.45) is 2.33. The minimum Gasteiger partial charge on any atom is -0.480 e. The SMILES string of the molecule is CC(C)c1ccc(CC(CN(CC(=O)O)C2CCCC(N(CC(=O)O)CC(=O)O)C2)N(CC(=O)O)CC(=O)O)cc1. The van der Waals surface area contributed by atoms with Gasteiger partial charge in [0, 0.05) is 24.7 Å². The van der Waals surface area contributed by atoms with E-state index in [4.69, 9.17) is 0 Å². The monoisotopic (exact) mass is 579 g/mol. The average Bonchev–Trinajstić information content (AvgIpc) is 2.86. The number of carbonyl (C=O) groups is 5. The number of carboxylic acids is 5. The number of benzene rings is 1. The molecule has 0 radical (unpaired) electrons. The summed E-state index contributed by atoms with van der Waals surface area (Å²) in [5.74, 6) is -5.60. The Morgan fingerprint density at radius 3 is 1.59 bits per heavy atom. The van der Waals surface area contributed by atoms with E-state index >= 15 is 0 Å². The van der Waals surface area contributed by atoms with Gasteiger partial charge in [0.15, 0.2) is 0 Å². The number of aliphatic carboxylic acids is 5. The first-order chi connectivity index (χ1) is 19.2. The fourth-order valence-corrected chi connectivity index (χ4v) is 5.53. The van der Waals surface area contributed by atoms with Crippen molar-refractivity contribution in [1.29, 1.82) is 0 Å². The minimum absolute atomic E-state index is 0.0496. The van der Waals surface area contributed by atoms with Gasteiger partial charge in [-0.2, -0.15) is 0 Å². The van der Waals surface area contributed by atoms with Crippen LogP contribution in [0.1, 0.15) is 56.6 Å². The third-order valence-corrected chi connectivity index (χ3v) is 7.42. The fourth-order valence-electron chi connectivity index (χ4n) is 5.53. The van der Waals surface area contributed by atoms with E-state index in [1.165, 1.54) is 9.80 Å². The Bertz CT molecular complexity index is 1030.